The van der Waals surface area contributed by atoms with Crippen LogP contribution >= 0.6 is 11.8 Å². The number of nitrogens with zero attached hydrogens (tertiary/aromatic N) is 1. The fourth-order valence-corrected chi connectivity index (χ4v) is 4.27. The number of carbonyl (C=O) groups is 1. The van der Waals surface area contributed by atoms with Crippen LogP contribution in [0.2, 0.25) is 0 Å². The van der Waals surface area contributed by atoms with Crippen molar-refractivity contribution in [3.63, 3.8) is 0 Å². The van der Waals surface area contributed by atoms with Crippen LogP contribution in [0.4, 0.5) is 0 Å². The molecule has 0 unspecified atom stereocenters. The predicted octanol–water partition coefficient (Wildman–Crippen LogP) is 5.97. The van der Waals surface area contributed by atoms with Crippen LogP contribution in [0.15, 0.2) is 96.2 Å². The Morgan fingerprint density at radius 1 is 0.906 bits per heavy atom. The number of hydrogen-bond acceptors (Lipinski definition) is 3. The normalized spacial score (nSPS) is 11.8. The number of thioether (sulfide) groups is 1. The minimum atomic E-state index is 0.0227. The van der Waals surface area contributed by atoms with E-state index in [-0.39, 0.29) is 11.9 Å². The number of rotatable bonds is 9. The molecule has 4 rings (SSSR count). The van der Waals surface area contributed by atoms with E-state index >= 15 is 0 Å². The molecule has 32 heavy (non-hydrogen) atoms. The van der Waals surface area contributed by atoms with Crippen molar-refractivity contribution < 1.29 is 4.79 Å². The highest BCUT2D eigenvalue weighted by atomic mass is 32.2. The Kier molecular flexibility index (Phi) is 7.41. The molecule has 4 nitrogen and oxygen atoms in total. The molecule has 0 aliphatic carbocycles. The van der Waals surface area contributed by atoms with Gasteiger partial charge in [-0.2, -0.15) is 0 Å². The minimum Gasteiger partial charge on any atom is -0.353 e. The van der Waals surface area contributed by atoms with Gasteiger partial charge < -0.3 is 10.3 Å². The lowest BCUT2D eigenvalue weighted by molar-refractivity contribution is -0.119. The Morgan fingerprint density at radius 2 is 1.50 bits per heavy atom. The van der Waals surface area contributed by atoms with Gasteiger partial charge in [0.15, 0.2) is 5.16 Å². The zero-order valence-electron chi connectivity index (χ0n) is 18.1. The molecular formula is C27H27N3OS. The van der Waals surface area contributed by atoms with E-state index in [4.69, 9.17) is 4.98 Å². The number of hydrogen-bond donors (Lipinski definition) is 2. The van der Waals surface area contributed by atoms with Crippen molar-refractivity contribution in [2.75, 3.05) is 5.75 Å². The van der Waals surface area contributed by atoms with Gasteiger partial charge in [0.25, 0.3) is 0 Å². The molecule has 162 valence electrons. The maximum Gasteiger partial charge on any atom is 0.230 e. The highest BCUT2D eigenvalue weighted by molar-refractivity contribution is 7.99. The SMILES string of the molecule is C[C@@H](CCc1ccccc1)NC(=O)CSc1nc(-c2ccccc2)c(-c2ccccc2)[nH]1. The first-order chi connectivity index (χ1) is 15.7. The number of nitrogens with one attached hydrogen (secondary N) is 2. The van der Waals surface area contributed by atoms with E-state index < -0.39 is 0 Å². The predicted molar refractivity (Wildman–Crippen MR) is 133 cm³/mol. The van der Waals surface area contributed by atoms with Gasteiger partial charge in [-0.15, -0.1) is 0 Å². The second kappa shape index (κ2) is 10.8. The number of carbonyl (C=O) groups excluding carboxylic acids is 1. The lowest BCUT2D eigenvalue weighted by Gasteiger charge is -2.13. The maximum atomic E-state index is 12.5. The average molecular weight is 442 g/mol. The second-order valence-electron chi connectivity index (χ2n) is 7.78. The van der Waals surface area contributed by atoms with Gasteiger partial charge >= 0.3 is 0 Å². The van der Waals surface area contributed by atoms with Gasteiger partial charge in [-0.1, -0.05) is 103 Å². The van der Waals surface area contributed by atoms with Gasteiger partial charge in [-0.05, 0) is 25.3 Å². The average Bonchev–Trinajstić information content (AvgIpc) is 3.28. The monoisotopic (exact) mass is 441 g/mol. The summed E-state index contributed by atoms with van der Waals surface area (Å²) in [6.07, 6.45) is 1.87. The third kappa shape index (κ3) is 5.89. The second-order valence-corrected chi connectivity index (χ2v) is 8.74. The molecule has 0 aliphatic heterocycles. The van der Waals surface area contributed by atoms with Gasteiger partial charge in [0.05, 0.1) is 17.1 Å². The van der Waals surface area contributed by atoms with Crippen LogP contribution in [-0.2, 0) is 11.2 Å². The molecule has 3 aromatic carbocycles. The fraction of sp³-hybridized carbons (Fsp3) is 0.185. The topological polar surface area (TPSA) is 57.8 Å². The lowest BCUT2D eigenvalue weighted by atomic mass is 10.1. The van der Waals surface area contributed by atoms with Crippen molar-refractivity contribution in [3.8, 4) is 22.5 Å². The number of aromatic amines is 1. The van der Waals surface area contributed by atoms with E-state index in [9.17, 15) is 4.79 Å². The van der Waals surface area contributed by atoms with Gasteiger partial charge in [0, 0.05) is 17.2 Å². The molecule has 1 atom stereocenters. The van der Waals surface area contributed by atoms with E-state index in [0.717, 1.165) is 40.5 Å². The Hall–Kier alpha value is -3.31. The smallest absolute Gasteiger partial charge is 0.230 e. The van der Waals surface area contributed by atoms with Crippen LogP contribution in [0.1, 0.15) is 18.9 Å². The molecule has 0 aliphatic rings. The molecule has 0 saturated heterocycles. The first kappa shape index (κ1) is 21.9. The molecule has 4 aromatic rings. The standard InChI is InChI=1S/C27H27N3OS/c1-20(17-18-21-11-5-2-6-12-21)28-24(31)19-32-27-29-25(22-13-7-3-8-14-22)26(30-27)23-15-9-4-10-16-23/h2-16,20H,17-19H2,1H3,(H,28,31)(H,29,30)/t20-/m0/s1. The maximum absolute atomic E-state index is 12.5. The van der Waals surface area contributed by atoms with E-state index in [1.165, 1.54) is 17.3 Å². The highest BCUT2D eigenvalue weighted by Crippen LogP contribution is 2.32. The van der Waals surface area contributed by atoms with Crippen LogP contribution < -0.4 is 5.32 Å². The third-order valence-corrected chi connectivity index (χ3v) is 6.12. The fourth-order valence-electron chi connectivity index (χ4n) is 3.59. The highest BCUT2D eigenvalue weighted by Gasteiger charge is 2.16. The molecule has 0 fully saturated rings. The molecule has 0 saturated carbocycles. The zero-order chi connectivity index (χ0) is 22.2. The molecule has 1 amide bonds. The third-order valence-electron chi connectivity index (χ3n) is 5.25. The Balaban J connectivity index is 1.39. The Labute approximate surface area is 193 Å². The quantitative estimate of drug-likeness (QED) is 0.315. The van der Waals surface area contributed by atoms with Gasteiger partial charge in [0.1, 0.15) is 0 Å². The zero-order valence-corrected chi connectivity index (χ0v) is 18.9. The van der Waals surface area contributed by atoms with Crippen LogP contribution in [0.3, 0.4) is 0 Å². The van der Waals surface area contributed by atoms with Crippen molar-refractivity contribution in [1.29, 1.82) is 0 Å². The van der Waals surface area contributed by atoms with E-state index in [1.807, 2.05) is 54.6 Å². The number of imidazole rings is 1. The molecule has 1 heterocycles. The number of benzene rings is 3. The summed E-state index contributed by atoms with van der Waals surface area (Å²) in [6, 6.07) is 30.8. The van der Waals surface area contributed by atoms with Crippen LogP contribution in [0.25, 0.3) is 22.5 Å². The summed E-state index contributed by atoms with van der Waals surface area (Å²) in [7, 11) is 0. The molecule has 5 heteroatoms. The number of H-pyrrole nitrogens is 1. The number of aromatic nitrogens is 2. The van der Waals surface area contributed by atoms with E-state index in [1.54, 1.807) is 0 Å². The first-order valence-electron chi connectivity index (χ1n) is 10.9. The summed E-state index contributed by atoms with van der Waals surface area (Å²) in [5.41, 5.74) is 5.28. The Bertz CT molecular complexity index is 1070. The van der Waals surface area contributed by atoms with Crippen molar-refractivity contribution in [3.05, 3.63) is 96.6 Å². The molecule has 1 aromatic heterocycles. The summed E-state index contributed by atoms with van der Waals surface area (Å²) in [4.78, 5) is 20.7. The molecular weight excluding hydrogens is 414 g/mol. The molecule has 0 spiro atoms. The van der Waals surface area contributed by atoms with Crippen molar-refractivity contribution in [1.82, 2.24) is 15.3 Å². The van der Waals surface area contributed by atoms with Crippen LogP contribution in [0.5, 0.6) is 0 Å². The summed E-state index contributed by atoms with van der Waals surface area (Å²) >= 11 is 1.43. The van der Waals surface area contributed by atoms with Gasteiger partial charge in [0.2, 0.25) is 5.91 Å². The summed E-state index contributed by atoms with van der Waals surface area (Å²) in [6.45, 7) is 2.05. The van der Waals surface area contributed by atoms with Crippen molar-refractivity contribution in [2.24, 2.45) is 0 Å². The molecule has 2 N–H and O–H groups in total. The lowest BCUT2D eigenvalue weighted by Crippen LogP contribution is -2.34. The first-order valence-corrected chi connectivity index (χ1v) is 11.8. The molecule has 0 bridgehead atoms. The van der Waals surface area contributed by atoms with E-state index in [2.05, 4.69) is 53.6 Å². The summed E-state index contributed by atoms with van der Waals surface area (Å²) in [5.74, 6) is 0.348. The van der Waals surface area contributed by atoms with E-state index in [0.29, 0.717) is 5.75 Å². The Morgan fingerprint density at radius 3 is 2.16 bits per heavy atom. The van der Waals surface area contributed by atoms with Gasteiger partial charge in [-0.25, -0.2) is 4.98 Å². The van der Waals surface area contributed by atoms with Crippen molar-refractivity contribution in [2.45, 2.75) is 31.0 Å². The summed E-state index contributed by atoms with van der Waals surface area (Å²) in [5, 5.41) is 3.85. The minimum absolute atomic E-state index is 0.0227. The molecule has 0 radical (unpaired) electrons. The van der Waals surface area contributed by atoms with Gasteiger partial charge in [-0.3, -0.25) is 4.79 Å². The number of amides is 1. The summed E-state index contributed by atoms with van der Waals surface area (Å²) < 4.78 is 0. The number of aryl methyl sites for hydroxylation is 1. The van der Waals surface area contributed by atoms with Crippen molar-refractivity contribution >= 4 is 17.7 Å². The van der Waals surface area contributed by atoms with Crippen LogP contribution in [-0.4, -0.2) is 27.7 Å². The largest absolute Gasteiger partial charge is 0.353 e. The van der Waals surface area contributed by atoms with Crippen LogP contribution in [0, 0.1) is 0 Å².